The van der Waals surface area contributed by atoms with E-state index in [1.165, 1.54) is 11.0 Å². The lowest BCUT2D eigenvalue weighted by atomic mass is 10.1. The largest absolute Gasteiger partial charge is 0.393 e. The van der Waals surface area contributed by atoms with Gasteiger partial charge >= 0.3 is 0 Å². The highest BCUT2D eigenvalue weighted by atomic mass is 16.1. The molecule has 2 rings (SSSR count). The van der Waals surface area contributed by atoms with Crippen molar-refractivity contribution in [3.63, 3.8) is 0 Å². The van der Waals surface area contributed by atoms with E-state index in [4.69, 9.17) is 5.73 Å². The molecular formula is C12H17N5O. The Balaban J connectivity index is 2.49. The van der Waals surface area contributed by atoms with E-state index in [9.17, 15) is 4.79 Å². The van der Waals surface area contributed by atoms with Gasteiger partial charge in [-0.3, -0.25) is 9.89 Å². The number of aromatic amines is 1. The van der Waals surface area contributed by atoms with Gasteiger partial charge in [-0.1, -0.05) is 13.8 Å². The van der Waals surface area contributed by atoms with Crippen LogP contribution < -0.4 is 11.3 Å². The monoisotopic (exact) mass is 247 g/mol. The fourth-order valence-corrected chi connectivity index (χ4v) is 1.78. The van der Waals surface area contributed by atoms with E-state index in [1.54, 1.807) is 6.07 Å². The third-order valence-corrected chi connectivity index (χ3v) is 2.64. The number of hydrogen-bond donors (Lipinski definition) is 2. The Labute approximate surface area is 105 Å². The minimum atomic E-state index is -0.260. The molecular weight excluding hydrogens is 230 g/mol. The molecule has 2 aromatic rings. The summed E-state index contributed by atoms with van der Waals surface area (Å²) >= 11 is 0. The Morgan fingerprint density at radius 3 is 2.78 bits per heavy atom. The number of aromatic nitrogens is 4. The average Bonchev–Trinajstić information content (AvgIpc) is 2.57. The van der Waals surface area contributed by atoms with E-state index in [0.717, 1.165) is 17.8 Å². The molecule has 0 spiro atoms. The third-order valence-electron chi connectivity index (χ3n) is 2.64. The van der Waals surface area contributed by atoms with Crippen LogP contribution in [0.2, 0.25) is 0 Å². The topological polar surface area (TPSA) is 89.6 Å². The van der Waals surface area contributed by atoms with E-state index < -0.39 is 0 Å². The molecule has 0 saturated carbocycles. The summed E-state index contributed by atoms with van der Waals surface area (Å²) in [5.41, 5.74) is 7.38. The summed E-state index contributed by atoms with van der Waals surface area (Å²) in [5.74, 6) is 0.931. The molecule has 0 aliphatic rings. The molecule has 18 heavy (non-hydrogen) atoms. The average molecular weight is 247 g/mol. The van der Waals surface area contributed by atoms with Crippen molar-refractivity contribution in [3.8, 4) is 5.82 Å². The second kappa shape index (κ2) is 4.64. The van der Waals surface area contributed by atoms with Crippen molar-refractivity contribution < 1.29 is 0 Å². The third kappa shape index (κ3) is 2.27. The maximum atomic E-state index is 12.0. The van der Waals surface area contributed by atoms with Crippen molar-refractivity contribution in [3.05, 3.63) is 34.1 Å². The number of hydrogen-bond acceptors (Lipinski definition) is 4. The number of rotatable bonds is 3. The molecule has 96 valence electrons. The van der Waals surface area contributed by atoms with E-state index >= 15 is 0 Å². The lowest BCUT2D eigenvalue weighted by molar-refractivity contribution is 0.627. The lowest BCUT2D eigenvalue weighted by Crippen LogP contribution is -2.18. The summed E-state index contributed by atoms with van der Waals surface area (Å²) < 4.78 is 1.36. The van der Waals surface area contributed by atoms with Crippen molar-refractivity contribution in [1.82, 2.24) is 19.7 Å². The number of nitrogens with two attached hydrogens (primary N) is 1. The molecule has 0 radical (unpaired) electrons. The lowest BCUT2D eigenvalue weighted by Gasteiger charge is -2.03. The molecule has 2 heterocycles. The summed E-state index contributed by atoms with van der Waals surface area (Å²) in [6.07, 6.45) is 2.16. The Bertz CT molecular complexity index is 611. The van der Waals surface area contributed by atoms with Gasteiger partial charge in [0.05, 0.1) is 5.69 Å². The highest BCUT2D eigenvalue weighted by molar-refractivity contribution is 5.43. The van der Waals surface area contributed by atoms with Crippen LogP contribution in [0.15, 0.2) is 17.2 Å². The summed E-state index contributed by atoms with van der Waals surface area (Å²) in [5, 5.41) is 3.01. The maximum Gasteiger partial charge on any atom is 0.296 e. The fourth-order valence-electron chi connectivity index (χ4n) is 1.78. The molecule has 3 N–H and O–H groups in total. The van der Waals surface area contributed by atoms with Gasteiger partial charge in [0.1, 0.15) is 12.0 Å². The van der Waals surface area contributed by atoms with Gasteiger partial charge in [-0.05, 0) is 19.3 Å². The molecule has 0 atom stereocenters. The van der Waals surface area contributed by atoms with Crippen LogP contribution in [-0.4, -0.2) is 19.7 Å². The van der Waals surface area contributed by atoms with Crippen molar-refractivity contribution in [2.24, 2.45) is 5.92 Å². The van der Waals surface area contributed by atoms with Gasteiger partial charge in [-0.15, -0.1) is 0 Å². The standard InChI is InChI=1S/C12H17N5O/c1-7(2)4-9-11(13)12(18)17(16-9)10-5-8(3)14-6-15-10/h5-7,16H,4,13H2,1-3H3. The van der Waals surface area contributed by atoms with Crippen molar-refractivity contribution in [1.29, 1.82) is 0 Å². The van der Waals surface area contributed by atoms with Gasteiger partial charge in [-0.2, -0.15) is 4.68 Å². The SMILES string of the molecule is Cc1cc(-n2[nH]c(CC(C)C)c(N)c2=O)ncn1. The maximum absolute atomic E-state index is 12.0. The highest BCUT2D eigenvalue weighted by Gasteiger charge is 2.14. The predicted molar refractivity (Wildman–Crippen MR) is 69.7 cm³/mol. The molecule has 0 bridgehead atoms. The zero-order valence-electron chi connectivity index (χ0n) is 10.8. The van der Waals surface area contributed by atoms with Gasteiger partial charge in [0, 0.05) is 11.8 Å². The van der Waals surface area contributed by atoms with Crippen molar-refractivity contribution in [2.75, 3.05) is 5.73 Å². The van der Waals surface area contributed by atoms with Gasteiger partial charge in [0.25, 0.3) is 5.56 Å². The highest BCUT2D eigenvalue weighted by Crippen LogP contribution is 2.12. The molecule has 0 aliphatic carbocycles. The van der Waals surface area contributed by atoms with Crippen LogP contribution >= 0.6 is 0 Å². The molecule has 2 aromatic heterocycles. The Morgan fingerprint density at radius 1 is 1.44 bits per heavy atom. The smallest absolute Gasteiger partial charge is 0.296 e. The number of aryl methyl sites for hydroxylation is 1. The van der Waals surface area contributed by atoms with Crippen LogP contribution in [0, 0.1) is 12.8 Å². The van der Waals surface area contributed by atoms with E-state index in [2.05, 4.69) is 28.9 Å². The second-order valence-electron chi connectivity index (χ2n) is 4.76. The molecule has 0 amide bonds. The number of H-pyrrole nitrogens is 1. The van der Waals surface area contributed by atoms with Crippen LogP contribution in [0.25, 0.3) is 5.82 Å². The van der Waals surface area contributed by atoms with E-state index in [1.807, 2.05) is 6.92 Å². The molecule has 6 heteroatoms. The fraction of sp³-hybridized carbons (Fsp3) is 0.417. The first-order valence-corrected chi connectivity index (χ1v) is 5.87. The first-order valence-electron chi connectivity index (χ1n) is 5.87. The summed E-state index contributed by atoms with van der Waals surface area (Å²) in [6, 6.07) is 1.73. The summed E-state index contributed by atoms with van der Waals surface area (Å²) in [6.45, 7) is 5.99. The molecule has 6 nitrogen and oxygen atoms in total. The number of anilines is 1. The van der Waals surface area contributed by atoms with Crippen LogP contribution in [0.4, 0.5) is 5.69 Å². The van der Waals surface area contributed by atoms with Gasteiger partial charge in [-0.25, -0.2) is 9.97 Å². The van der Waals surface area contributed by atoms with Crippen molar-refractivity contribution >= 4 is 5.69 Å². The summed E-state index contributed by atoms with van der Waals surface area (Å²) in [4.78, 5) is 20.1. The molecule has 0 saturated heterocycles. The van der Waals surface area contributed by atoms with Crippen molar-refractivity contribution in [2.45, 2.75) is 27.2 Å². The first kappa shape index (κ1) is 12.3. The van der Waals surface area contributed by atoms with Gasteiger partial charge in [0.2, 0.25) is 0 Å². The minimum Gasteiger partial charge on any atom is -0.393 e. The minimum absolute atomic E-state index is 0.260. The van der Waals surface area contributed by atoms with Crippen LogP contribution in [0.5, 0.6) is 0 Å². The van der Waals surface area contributed by atoms with Crippen LogP contribution in [-0.2, 0) is 6.42 Å². The van der Waals surface area contributed by atoms with E-state index in [-0.39, 0.29) is 11.2 Å². The first-order chi connectivity index (χ1) is 8.49. The van der Waals surface area contributed by atoms with E-state index in [0.29, 0.717) is 11.7 Å². The summed E-state index contributed by atoms with van der Waals surface area (Å²) in [7, 11) is 0. The van der Waals surface area contributed by atoms with Crippen LogP contribution in [0.3, 0.4) is 0 Å². The Hall–Kier alpha value is -2.11. The number of nitrogens with one attached hydrogen (secondary N) is 1. The number of nitrogens with zero attached hydrogens (tertiary/aromatic N) is 3. The number of nitrogen functional groups attached to an aromatic ring is 1. The molecule has 0 unspecified atom stereocenters. The predicted octanol–water partition coefficient (Wildman–Crippen LogP) is 1.04. The quantitative estimate of drug-likeness (QED) is 0.848. The van der Waals surface area contributed by atoms with Gasteiger partial charge in [0.15, 0.2) is 5.82 Å². The molecule has 0 aliphatic heterocycles. The zero-order chi connectivity index (χ0) is 13.3. The Kier molecular flexibility index (Phi) is 3.18. The molecule has 0 fully saturated rings. The Morgan fingerprint density at radius 2 is 2.17 bits per heavy atom. The van der Waals surface area contributed by atoms with Crippen LogP contribution in [0.1, 0.15) is 25.2 Å². The second-order valence-corrected chi connectivity index (χ2v) is 4.76. The van der Waals surface area contributed by atoms with Gasteiger partial charge < -0.3 is 5.73 Å². The molecule has 0 aromatic carbocycles. The zero-order valence-corrected chi connectivity index (χ0v) is 10.8. The normalized spacial score (nSPS) is 11.1.